The molecule has 0 radical (unpaired) electrons. The highest BCUT2D eigenvalue weighted by Gasteiger charge is 2.19. The van der Waals surface area contributed by atoms with E-state index in [9.17, 15) is 4.79 Å². The Kier molecular flexibility index (Phi) is 5.01. The number of rotatable bonds is 4. The molecule has 2 aromatic heterocycles. The summed E-state index contributed by atoms with van der Waals surface area (Å²) < 4.78 is 5.85. The Hall–Kier alpha value is -1.82. The van der Waals surface area contributed by atoms with E-state index in [1.54, 1.807) is 13.1 Å². The van der Waals surface area contributed by atoms with Gasteiger partial charge >= 0.3 is 5.97 Å². The Morgan fingerprint density at radius 3 is 2.76 bits per heavy atom. The summed E-state index contributed by atoms with van der Waals surface area (Å²) in [7, 11) is 0. The number of carbonyl (C=O) groups is 1. The molecule has 0 aliphatic carbocycles. The Morgan fingerprint density at radius 2 is 2.14 bits per heavy atom. The zero-order chi connectivity index (χ0) is 15.4. The van der Waals surface area contributed by atoms with E-state index in [1.165, 1.54) is 6.20 Å². The van der Waals surface area contributed by atoms with Crippen LogP contribution in [0, 0.1) is 0 Å². The first-order valence-electron chi connectivity index (χ1n) is 6.69. The zero-order valence-corrected chi connectivity index (χ0v) is 13.7. The van der Waals surface area contributed by atoms with Gasteiger partial charge in [0.1, 0.15) is 5.69 Å². The van der Waals surface area contributed by atoms with Crippen LogP contribution in [0.1, 0.15) is 42.7 Å². The molecule has 0 unspecified atom stereocenters. The predicted molar refractivity (Wildman–Crippen MR) is 83.0 cm³/mol. The van der Waals surface area contributed by atoms with E-state index >= 15 is 0 Å². The number of aromatic nitrogens is 3. The van der Waals surface area contributed by atoms with Crippen LogP contribution in [-0.2, 0) is 4.74 Å². The topological polar surface area (TPSA) is 65.0 Å². The number of halogens is 1. The van der Waals surface area contributed by atoms with Crippen LogP contribution in [-0.4, -0.2) is 27.5 Å². The standard InChI is InChI=1S/C15H16BrN3O2/c1-4-21-15(20)10-8-18-14(19-12(10)9(2)3)13-11(16)6-5-7-17-13/h5-9H,4H2,1-3H3. The van der Waals surface area contributed by atoms with Gasteiger partial charge in [-0.05, 0) is 40.9 Å². The van der Waals surface area contributed by atoms with Crippen molar-refractivity contribution in [3.63, 3.8) is 0 Å². The first-order chi connectivity index (χ1) is 10.0. The van der Waals surface area contributed by atoms with Gasteiger partial charge in [-0.15, -0.1) is 0 Å². The van der Waals surface area contributed by atoms with Gasteiger partial charge in [0.25, 0.3) is 0 Å². The van der Waals surface area contributed by atoms with Crippen LogP contribution < -0.4 is 0 Å². The minimum absolute atomic E-state index is 0.0774. The average Bonchev–Trinajstić information content (AvgIpc) is 2.47. The lowest BCUT2D eigenvalue weighted by atomic mass is 10.1. The molecule has 110 valence electrons. The second-order valence-corrected chi connectivity index (χ2v) is 5.56. The molecule has 0 N–H and O–H groups in total. The van der Waals surface area contributed by atoms with Crippen molar-refractivity contribution in [3.05, 3.63) is 40.3 Å². The summed E-state index contributed by atoms with van der Waals surface area (Å²) in [5.41, 5.74) is 1.72. The van der Waals surface area contributed by atoms with Gasteiger partial charge in [0.05, 0.1) is 17.9 Å². The first kappa shape index (κ1) is 15.6. The predicted octanol–water partition coefficient (Wildman–Crippen LogP) is 3.60. The molecule has 0 aliphatic heterocycles. The van der Waals surface area contributed by atoms with Crippen molar-refractivity contribution in [2.75, 3.05) is 6.61 Å². The Balaban J connectivity index is 2.51. The summed E-state index contributed by atoms with van der Waals surface area (Å²) in [6, 6.07) is 3.70. The maximum absolute atomic E-state index is 12.0. The lowest BCUT2D eigenvalue weighted by Crippen LogP contribution is -2.12. The second kappa shape index (κ2) is 6.76. The van der Waals surface area contributed by atoms with Gasteiger partial charge in [-0.3, -0.25) is 4.98 Å². The van der Waals surface area contributed by atoms with E-state index in [2.05, 4.69) is 30.9 Å². The molecule has 0 atom stereocenters. The highest BCUT2D eigenvalue weighted by Crippen LogP contribution is 2.25. The summed E-state index contributed by atoms with van der Waals surface area (Å²) in [4.78, 5) is 25.0. The second-order valence-electron chi connectivity index (χ2n) is 4.70. The van der Waals surface area contributed by atoms with E-state index < -0.39 is 5.97 Å². The normalized spacial score (nSPS) is 10.7. The summed E-state index contributed by atoms with van der Waals surface area (Å²) in [5, 5.41) is 0. The molecule has 5 nitrogen and oxygen atoms in total. The third kappa shape index (κ3) is 3.44. The third-order valence-corrected chi connectivity index (χ3v) is 3.47. The van der Waals surface area contributed by atoms with Crippen molar-refractivity contribution in [1.29, 1.82) is 0 Å². The lowest BCUT2D eigenvalue weighted by Gasteiger charge is -2.12. The molecule has 2 heterocycles. The molecule has 0 bridgehead atoms. The van der Waals surface area contributed by atoms with Crippen LogP contribution in [0.2, 0.25) is 0 Å². The molecule has 0 fully saturated rings. The van der Waals surface area contributed by atoms with Gasteiger partial charge in [0.2, 0.25) is 0 Å². The number of nitrogens with zero attached hydrogens (tertiary/aromatic N) is 3. The Bertz CT molecular complexity index is 659. The van der Waals surface area contributed by atoms with E-state index in [-0.39, 0.29) is 5.92 Å². The van der Waals surface area contributed by atoms with Gasteiger partial charge in [-0.2, -0.15) is 0 Å². The molecular formula is C15H16BrN3O2. The van der Waals surface area contributed by atoms with Gasteiger partial charge in [-0.25, -0.2) is 14.8 Å². The quantitative estimate of drug-likeness (QED) is 0.789. The van der Waals surface area contributed by atoms with Crippen molar-refractivity contribution in [1.82, 2.24) is 15.0 Å². The third-order valence-electron chi connectivity index (χ3n) is 2.83. The highest BCUT2D eigenvalue weighted by atomic mass is 79.9. The van der Waals surface area contributed by atoms with Crippen molar-refractivity contribution in [2.24, 2.45) is 0 Å². The van der Waals surface area contributed by atoms with Gasteiger partial charge < -0.3 is 4.74 Å². The Labute approximate surface area is 131 Å². The molecular weight excluding hydrogens is 334 g/mol. The van der Waals surface area contributed by atoms with Gasteiger partial charge in [-0.1, -0.05) is 13.8 Å². The maximum atomic E-state index is 12.0. The monoisotopic (exact) mass is 349 g/mol. The average molecular weight is 350 g/mol. The fourth-order valence-electron chi connectivity index (χ4n) is 1.87. The largest absolute Gasteiger partial charge is 0.462 e. The van der Waals surface area contributed by atoms with Crippen molar-refractivity contribution in [3.8, 4) is 11.5 Å². The lowest BCUT2D eigenvalue weighted by molar-refractivity contribution is 0.0523. The number of hydrogen-bond donors (Lipinski definition) is 0. The van der Waals surface area contributed by atoms with Crippen molar-refractivity contribution < 1.29 is 9.53 Å². The van der Waals surface area contributed by atoms with Crippen molar-refractivity contribution in [2.45, 2.75) is 26.7 Å². The molecule has 0 saturated heterocycles. The number of ether oxygens (including phenoxy) is 1. The summed E-state index contributed by atoms with van der Waals surface area (Å²) in [6.45, 7) is 6.04. The maximum Gasteiger partial charge on any atom is 0.341 e. The van der Waals surface area contributed by atoms with E-state index in [1.807, 2.05) is 26.0 Å². The van der Waals surface area contributed by atoms with Crippen LogP contribution in [0.4, 0.5) is 0 Å². The fraction of sp³-hybridized carbons (Fsp3) is 0.333. The molecule has 2 rings (SSSR count). The van der Waals surface area contributed by atoms with Crippen LogP contribution >= 0.6 is 15.9 Å². The number of hydrogen-bond acceptors (Lipinski definition) is 5. The summed E-state index contributed by atoms with van der Waals surface area (Å²) in [6.07, 6.45) is 3.19. The highest BCUT2D eigenvalue weighted by molar-refractivity contribution is 9.10. The zero-order valence-electron chi connectivity index (χ0n) is 12.1. The van der Waals surface area contributed by atoms with Gasteiger partial charge in [0.15, 0.2) is 5.82 Å². The van der Waals surface area contributed by atoms with E-state index in [0.717, 1.165) is 4.47 Å². The van der Waals surface area contributed by atoms with Crippen molar-refractivity contribution >= 4 is 21.9 Å². The minimum Gasteiger partial charge on any atom is -0.462 e. The van der Waals surface area contributed by atoms with Crippen LogP contribution in [0.15, 0.2) is 29.0 Å². The number of esters is 1. The Morgan fingerprint density at radius 1 is 1.38 bits per heavy atom. The number of carbonyl (C=O) groups excluding carboxylic acids is 1. The molecule has 0 amide bonds. The van der Waals surface area contributed by atoms with Crippen LogP contribution in [0.3, 0.4) is 0 Å². The molecule has 21 heavy (non-hydrogen) atoms. The molecule has 0 saturated carbocycles. The smallest absolute Gasteiger partial charge is 0.341 e. The summed E-state index contributed by atoms with van der Waals surface area (Å²) >= 11 is 3.43. The van der Waals surface area contributed by atoms with E-state index in [0.29, 0.717) is 29.4 Å². The van der Waals surface area contributed by atoms with Crippen LogP contribution in [0.5, 0.6) is 0 Å². The first-order valence-corrected chi connectivity index (χ1v) is 7.48. The molecule has 0 spiro atoms. The van der Waals surface area contributed by atoms with Gasteiger partial charge in [0, 0.05) is 16.9 Å². The fourth-order valence-corrected chi connectivity index (χ4v) is 2.30. The number of pyridine rings is 1. The van der Waals surface area contributed by atoms with E-state index in [4.69, 9.17) is 4.74 Å². The molecule has 2 aromatic rings. The molecule has 0 aliphatic rings. The SMILES string of the molecule is CCOC(=O)c1cnc(-c2ncccc2Br)nc1C(C)C. The van der Waals surface area contributed by atoms with Crippen LogP contribution in [0.25, 0.3) is 11.5 Å². The molecule has 0 aromatic carbocycles. The summed E-state index contributed by atoms with van der Waals surface area (Å²) in [5.74, 6) is 0.167. The minimum atomic E-state index is -0.396. The molecule has 6 heteroatoms.